The summed E-state index contributed by atoms with van der Waals surface area (Å²) in [6.07, 6.45) is 11.0. The molecule has 4 aromatic rings. The second-order valence-electron chi connectivity index (χ2n) is 5.11. The van der Waals surface area contributed by atoms with E-state index in [0.29, 0.717) is 11.6 Å². The summed E-state index contributed by atoms with van der Waals surface area (Å²) in [5.74, 6) is 1.39. The Morgan fingerprint density at radius 2 is 1.30 bits per heavy atom. The fourth-order valence-electron chi connectivity index (χ4n) is 2.54. The van der Waals surface area contributed by atoms with Crippen molar-refractivity contribution < 1.29 is 9.36 Å². The first kappa shape index (κ1) is 14.1. The Morgan fingerprint density at radius 1 is 0.826 bits per heavy atom. The van der Waals surface area contributed by atoms with Crippen LogP contribution in [0.15, 0.2) is 49.6 Å². The van der Waals surface area contributed by atoms with E-state index in [1.54, 1.807) is 24.2 Å². The highest BCUT2D eigenvalue weighted by Crippen LogP contribution is 2.25. The maximum Gasteiger partial charge on any atom is 0.380 e. The number of aromatic nitrogens is 8. The molecule has 0 amide bonds. The van der Waals surface area contributed by atoms with Crippen molar-refractivity contribution in [3.05, 3.63) is 49.6 Å². The Bertz CT molecular complexity index is 883. The molecule has 0 spiro atoms. The van der Waals surface area contributed by atoms with Crippen LogP contribution in [-0.4, -0.2) is 29.0 Å². The van der Waals surface area contributed by atoms with Gasteiger partial charge in [-0.3, -0.25) is 0 Å². The van der Waals surface area contributed by atoms with Crippen LogP contribution in [0.2, 0.25) is 0 Å². The molecule has 0 aliphatic rings. The van der Waals surface area contributed by atoms with Gasteiger partial charge in [-0.1, -0.05) is 11.8 Å². The smallest absolute Gasteiger partial charge is 0.195 e. The topological polar surface area (TPSA) is 68.1 Å². The van der Waals surface area contributed by atoms with Crippen molar-refractivity contribution in [1.82, 2.24) is 29.0 Å². The van der Waals surface area contributed by atoms with E-state index >= 15 is 0 Å². The third-order valence-electron chi connectivity index (χ3n) is 3.64. The number of hydrogen-bond acceptors (Lipinski definition) is 5. The van der Waals surface area contributed by atoms with E-state index in [2.05, 4.69) is 43.1 Å². The average Bonchev–Trinajstić information content (AvgIpc) is 3.19. The summed E-state index contributed by atoms with van der Waals surface area (Å²) in [6.45, 7) is 4.29. The molecule has 0 aliphatic heterocycles. The van der Waals surface area contributed by atoms with Gasteiger partial charge >= 0.3 is 24.2 Å². The summed E-state index contributed by atoms with van der Waals surface area (Å²) in [6, 6.07) is 3.80. The number of rotatable bonds is 4. The Kier molecular flexibility index (Phi) is 3.41. The van der Waals surface area contributed by atoms with E-state index in [4.69, 9.17) is 0 Å². The van der Waals surface area contributed by atoms with Gasteiger partial charge in [0.2, 0.25) is 0 Å². The van der Waals surface area contributed by atoms with E-state index in [9.17, 15) is 0 Å². The van der Waals surface area contributed by atoms with Crippen molar-refractivity contribution >= 4 is 23.3 Å². The van der Waals surface area contributed by atoms with Crippen LogP contribution in [0.25, 0.3) is 11.6 Å². The lowest BCUT2D eigenvalue weighted by molar-refractivity contribution is -0.772. The molecule has 0 radical (unpaired) electrons. The van der Waals surface area contributed by atoms with Gasteiger partial charge in [-0.05, 0) is 35.9 Å². The summed E-state index contributed by atoms with van der Waals surface area (Å²) < 4.78 is 8.02. The minimum absolute atomic E-state index is 0.180. The van der Waals surface area contributed by atoms with E-state index in [1.165, 1.54) is 0 Å². The van der Waals surface area contributed by atoms with Gasteiger partial charge in [0.25, 0.3) is 0 Å². The largest absolute Gasteiger partial charge is 0.380 e. The molecule has 4 aromatic heterocycles. The first-order chi connectivity index (χ1) is 11.2. The van der Waals surface area contributed by atoms with Crippen LogP contribution in [0.3, 0.4) is 0 Å². The lowest BCUT2D eigenvalue weighted by Crippen LogP contribution is -2.45. The molecule has 0 bridgehead atoms. The van der Waals surface area contributed by atoms with E-state index < -0.39 is 0 Å². The van der Waals surface area contributed by atoms with Gasteiger partial charge < -0.3 is 0 Å². The van der Waals surface area contributed by atoms with Crippen LogP contribution in [0.4, 0.5) is 0 Å². The molecular formula is C14H16N8S+2. The molecule has 8 nitrogen and oxygen atoms in total. The van der Waals surface area contributed by atoms with Gasteiger partial charge in [0.15, 0.2) is 10.7 Å². The summed E-state index contributed by atoms with van der Waals surface area (Å²) in [5, 5.41) is 0.359. The minimum atomic E-state index is 0.180. The fraction of sp³-hybridized carbons (Fsp3) is 0.286. The molecule has 0 aliphatic carbocycles. The van der Waals surface area contributed by atoms with E-state index in [1.807, 2.05) is 46.2 Å². The highest BCUT2D eigenvalue weighted by Gasteiger charge is 2.25. The van der Waals surface area contributed by atoms with Gasteiger partial charge in [-0.15, -0.1) is 18.4 Å². The molecule has 23 heavy (non-hydrogen) atoms. The first-order valence-electron chi connectivity index (χ1n) is 7.28. The highest BCUT2D eigenvalue weighted by molar-refractivity contribution is 7.98. The summed E-state index contributed by atoms with van der Waals surface area (Å²) in [7, 11) is 0. The fourth-order valence-corrected chi connectivity index (χ4v) is 3.67. The summed E-state index contributed by atoms with van der Waals surface area (Å²) in [5.41, 5.74) is 0. The molecule has 0 aromatic carbocycles. The zero-order valence-electron chi connectivity index (χ0n) is 12.8. The van der Waals surface area contributed by atoms with Gasteiger partial charge in [-0.2, -0.15) is 9.97 Å². The van der Waals surface area contributed by atoms with Crippen molar-refractivity contribution in [2.45, 2.75) is 24.6 Å². The third-order valence-corrected chi connectivity index (χ3v) is 4.86. The van der Waals surface area contributed by atoms with Crippen molar-refractivity contribution in [2.24, 2.45) is 0 Å². The van der Waals surface area contributed by atoms with Crippen LogP contribution in [0.1, 0.15) is 24.6 Å². The zero-order chi connectivity index (χ0) is 15.8. The maximum absolute atomic E-state index is 4.33. The molecule has 0 saturated carbocycles. The quantitative estimate of drug-likeness (QED) is 0.519. The van der Waals surface area contributed by atoms with Gasteiger partial charge in [0, 0.05) is 12.4 Å². The Hall–Kier alpha value is -2.55. The lowest BCUT2D eigenvalue weighted by Gasteiger charge is -2.12. The third kappa shape index (κ3) is 2.42. The normalized spacial score (nSPS) is 14.3. The molecule has 0 saturated heterocycles. The molecule has 116 valence electrons. The monoisotopic (exact) mass is 328 g/mol. The van der Waals surface area contributed by atoms with Crippen molar-refractivity contribution in [3.8, 4) is 0 Å². The van der Waals surface area contributed by atoms with Crippen LogP contribution in [-0.2, 0) is 0 Å². The molecule has 2 unspecified atom stereocenters. The van der Waals surface area contributed by atoms with Gasteiger partial charge in [0.1, 0.15) is 0 Å². The molecule has 4 rings (SSSR count). The van der Waals surface area contributed by atoms with Crippen LogP contribution in [0, 0.1) is 0 Å². The number of thioether (sulfide) groups is 1. The van der Waals surface area contributed by atoms with Crippen molar-refractivity contribution in [3.63, 3.8) is 0 Å². The van der Waals surface area contributed by atoms with Crippen molar-refractivity contribution in [1.29, 1.82) is 0 Å². The molecule has 4 heterocycles. The molecule has 0 N–H and O–H groups in total. The Morgan fingerprint density at radius 3 is 1.78 bits per heavy atom. The van der Waals surface area contributed by atoms with Gasteiger partial charge in [0.05, 0.1) is 12.4 Å². The number of hydrogen-bond donors (Lipinski definition) is 0. The molecule has 0 fully saturated rings. The SMILES string of the molecule is CC(SC(C)[n+]1cnc2ncccn21)[n+]1cnc2ncccn21. The summed E-state index contributed by atoms with van der Waals surface area (Å²) >= 11 is 1.79. The standard InChI is InChI=1S/C14H16N8S/c1-11(21-9-17-13-15-5-3-7-19(13)21)23-12(2)22-10-18-14-16-6-4-8-20(14)22/h3-12H,1-2H3/q+2. The molecular weight excluding hydrogens is 312 g/mol. The predicted octanol–water partition coefficient (Wildman–Crippen LogP) is 0.817. The maximum atomic E-state index is 4.33. The molecule has 2 atom stereocenters. The second-order valence-corrected chi connectivity index (χ2v) is 6.75. The van der Waals surface area contributed by atoms with E-state index in [-0.39, 0.29) is 10.7 Å². The highest BCUT2D eigenvalue weighted by atomic mass is 32.2. The van der Waals surface area contributed by atoms with Crippen molar-refractivity contribution in [2.75, 3.05) is 0 Å². The van der Waals surface area contributed by atoms with E-state index in [0.717, 1.165) is 0 Å². The predicted molar refractivity (Wildman–Crippen MR) is 83.4 cm³/mol. The minimum Gasteiger partial charge on any atom is -0.195 e. The van der Waals surface area contributed by atoms with Crippen LogP contribution >= 0.6 is 11.8 Å². The number of nitrogens with zero attached hydrogens (tertiary/aromatic N) is 8. The Balaban J connectivity index is 1.62. The Labute approximate surface area is 136 Å². The average molecular weight is 328 g/mol. The molecule has 9 heteroatoms. The zero-order valence-corrected chi connectivity index (χ0v) is 13.6. The number of fused-ring (bicyclic) bond motifs is 2. The lowest BCUT2D eigenvalue weighted by atomic mass is 10.7. The summed E-state index contributed by atoms with van der Waals surface area (Å²) in [4.78, 5) is 17.2. The second kappa shape index (κ2) is 5.58. The first-order valence-corrected chi connectivity index (χ1v) is 8.23. The van der Waals surface area contributed by atoms with Crippen LogP contribution < -0.4 is 9.36 Å². The van der Waals surface area contributed by atoms with Crippen LogP contribution in [0.5, 0.6) is 0 Å². The van der Waals surface area contributed by atoms with Gasteiger partial charge in [-0.25, -0.2) is 0 Å².